The molecule has 26 heavy (non-hydrogen) atoms. The molecular formula is C19H20BrN5O. The molecule has 4 rings (SSSR count). The number of hydrogen-bond donors (Lipinski definition) is 0. The zero-order valence-electron chi connectivity index (χ0n) is 14.7. The van der Waals surface area contributed by atoms with Gasteiger partial charge < -0.3 is 0 Å². The van der Waals surface area contributed by atoms with Crippen LogP contribution in [0.4, 0.5) is 5.82 Å². The number of fused-ring (bicyclic) bond motifs is 2. The highest BCUT2D eigenvalue weighted by molar-refractivity contribution is 9.10. The summed E-state index contributed by atoms with van der Waals surface area (Å²) in [5, 5.41) is 8.68. The molecule has 0 saturated carbocycles. The highest BCUT2D eigenvalue weighted by Crippen LogP contribution is 2.24. The molecule has 0 unspecified atom stereocenters. The van der Waals surface area contributed by atoms with Crippen molar-refractivity contribution in [3.63, 3.8) is 0 Å². The second-order valence-electron chi connectivity index (χ2n) is 6.54. The second kappa shape index (κ2) is 7.15. The van der Waals surface area contributed by atoms with Crippen molar-refractivity contribution in [2.45, 2.75) is 45.6 Å². The number of unbranched alkanes of at least 4 members (excludes halogenated alkanes) is 2. The molecule has 0 radical (unpaired) electrons. The standard InChI is InChI=1S/C19H20BrN5O/c1-2-3-4-10-24-17-15(8-9-21-17)18(26)25-16(22-23-19(24)25)12-13-6-5-7-14(20)11-13/h5-7,9,11H,2-4,8,10,12H2,1H3. The van der Waals surface area contributed by atoms with E-state index in [0.29, 0.717) is 24.4 Å². The lowest BCUT2D eigenvalue weighted by molar-refractivity contribution is 0.602. The van der Waals surface area contributed by atoms with Crippen molar-refractivity contribution in [2.24, 2.45) is 4.99 Å². The molecule has 1 aromatic carbocycles. The van der Waals surface area contributed by atoms with Gasteiger partial charge in [0.1, 0.15) is 11.6 Å². The van der Waals surface area contributed by atoms with E-state index in [2.05, 4.69) is 38.0 Å². The smallest absolute Gasteiger partial charge is 0.266 e. The zero-order valence-corrected chi connectivity index (χ0v) is 16.2. The molecule has 3 aromatic rings. The molecule has 0 spiro atoms. The van der Waals surface area contributed by atoms with E-state index in [1.54, 1.807) is 4.40 Å². The summed E-state index contributed by atoms with van der Waals surface area (Å²) in [7, 11) is 0. The van der Waals surface area contributed by atoms with Gasteiger partial charge in [-0.2, -0.15) is 0 Å². The van der Waals surface area contributed by atoms with Gasteiger partial charge >= 0.3 is 0 Å². The first-order chi connectivity index (χ1) is 12.7. The van der Waals surface area contributed by atoms with E-state index in [-0.39, 0.29) is 5.56 Å². The van der Waals surface area contributed by atoms with Crippen molar-refractivity contribution >= 4 is 33.7 Å². The highest BCUT2D eigenvalue weighted by atomic mass is 79.9. The minimum atomic E-state index is -0.0470. The van der Waals surface area contributed by atoms with Crippen molar-refractivity contribution in [3.8, 4) is 0 Å². The minimum Gasteiger partial charge on any atom is -0.294 e. The molecule has 0 fully saturated rings. The van der Waals surface area contributed by atoms with Gasteiger partial charge in [-0.15, -0.1) is 10.2 Å². The van der Waals surface area contributed by atoms with Crippen LogP contribution in [-0.2, 0) is 19.4 Å². The summed E-state index contributed by atoms with van der Waals surface area (Å²) in [6.07, 6.45) is 6.25. The van der Waals surface area contributed by atoms with Crippen molar-refractivity contribution in [3.05, 3.63) is 56.0 Å². The van der Waals surface area contributed by atoms with E-state index < -0.39 is 0 Å². The molecule has 2 aromatic heterocycles. The Labute approximate surface area is 159 Å². The Morgan fingerprint density at radius 1 is 1.23 bits per heavy atom. The predicted octanol–water partition coefficient (Wildman–Crippen LogP) is 3.69. The van der Waals surface area contributed by atoms with Gasteiger partial charge in [-0.3, -0.25) is 9.36 Å². The lowest BCUT2D eigenvalue weighted by Gasteiger charge is -2.12. The highest BCUT2D eigenvalue weighted by Gasteiger charge is 2.22. The van der Waals surface area contributed by atoms with Crippen LogP contribution in [0.3, 0.4) is 0 Å². The first kappa shape index (κ1) is 17.1. The molecule has 0 saturated heterocycles. The summed E-state index contributed by atoms with van der Waals surface area (Å²) in [4.78, 5) is 17.5. The van der Waals surface area contributed by atoms with Gasteiger partial charge in [0.05, 0.1) is 5.56 Å². The summed E-state index contributed by atoms with van der Waals surface area (Å²) in [6, 6.07) is 8.03. The van der Waals surface area contributed by atoms with E-state index in [1.807, 2.05) is 35.0 Å². The van der Waals surface area contributed by atoms with Gasteiger partial charge in [-0.1, -0.05) is 47.8 Å². The average Bonchev–Trinajstić information content (AvgIpc) is 3.26. The zero-order chi connectivity index (χ0) is 18.1. The van der Waals surface area contributed by atoms with Crippen LogP contribution in [0.2, 0.25) is 0 Å². The quantitative estimate of drug-likeness (QED) is 0.578. The Hall–Kier alpha value is -2.28. The van der Waals surface area contributed by atoms with Crippen LogP contribution >= 0.6 is 15.9 Å². The monoisotopic (exact) mass is 413 g/mol. The van der Waals surface area contributed by atoms with Gasteiger partial charge in [0, 0.05) is 30.1 Å². The molecule has 0 atom stereocenters. The van der Waals surface area contributed by atoms with Crippen LogP contribution in [0.15, 0.2) is 38.5 Å². The van der Waals surface area contributed by atoms with Crippen molar-refractivity contribution < 1.29 is 0 Å². The second-order valence-corrected chi connectivity index (χ2v) is 7.46. The van der Waals surface area contributed by atoms with E-state index in [9.17, 15) is 4.79 Å². The lowest BCUT2D eigenvalue weighted by Crippen LogP contribution is -2.23. The maximum Gasteiger partial charge on any atom is 0.266 e. The molecule has 1 aliphatic rings. The summed E-state index contributed by atoms with van der Waals surface area (Å²) >= 11 is 3.49. The first-order valence-corrected chi connectivity index (χ1v) is 9.75. The Morgan fingerprint density at radius 2 is 2.12 bits per heavy atom. The van der Waals surface area contributed by atoms with Gasteiger partial charge in [0.2, 0.25) is 5.78 Å². The lowest BCUT2D eigenvalue weighted by atomic mass is 10.1. The number of nitrogens with zero attached hydrogens (tertiary/aromatic N) is 5. The fourth-order valence-corrected chi connectivity index (χ4v) is 3.84. The minimum absolute atomic E-state index is 0.0470. The van der Waals surface area contributed by atoms with E-state index in [0.717, 1.165) is 47.2 Å². The number of aryl methyl sites for hydroxylation is 1. The Morgan fingerprint density at radius 3 is 2.92 bits per heavy atom. The molecule has 1 aliphatic heterocycles. The fourth-order valence-electron chi connectivity index (χ4n) is 3.40. The molecule has 7 heteroatoms. The summed E-state index contributed by atoms with van der Waals surface area (Å²) < 4.78 is 4.73. The summed E-state index contributed by atoms with van der Waals surface area (Å²) in [5.74, 6) is 2.01. The van der Waals surface area contributed by atoms with Crippen molar-refractivity contribution in [1.82, 2.24) is 19.2 Å². The number of benzene rings is 1. The molecule has 3 heterocycles. The Balaban J connectivity index is 1.82. The molecule has 134 valence electrons. The third-order valence-corrected chi connectivity index (χ3v) is 5.18. The fraction of sp³-hybridized carbons (Fsp3) is 0.368. The Bertz CT molecular complexity index is 1050. The molecule has 0 N–H and O–H groups in total. The van der Waals surface area contributed by atoms with Crippen LogP contribution in [0, 0.1) is 0 Å². The third kappa shape index (κ3) is 3.00. The number of rotatable bonds is 6. The first-order valence-electron chi connectivity index (χ1n) is 8.95. The molecule has 6 nitrogen and oxygen atoms in total. The number of halogens is 1. The topological polar surface area (TPSA) is 64.5 Å². The maximum atomic E-state index is 13.0. The summed E-state index contributed by atoms with van der Waals surface area (Å²) in [5.41, 5.74) is 1.78. The van der Waals surface area contributed by atoms with Crippen molar-refractivity contribution in [2.75, 3.05) is 0 Å². The number of aromatic nitrogens is 4. The predicted molar refractivity (Wildman–Crippen MR) is 106 cm³/mol. The van der Waals surface area contributed by atoms with Crippen LogP contribution < -0.4 is 5.56 Å². The van der Waals surface area contributed by atoms with Crippen LogP contribution in [-0.4, -0.2) is 25.4 Å². The SMILES string of the molecule is CCCCCn1c2c(c(=O)n3c(Cc4cccc(Br)c4)nnc13)CC=N2. The molecular weight excluding hydrogens is 394 g/mol. The van der Waals surface area contributed by atoms with E-state index >= 15 is 0 Å². The van der Waals surface area contributed by atoms with E-state index in [1.165, 1.54) is 0 Å². The maximum absolute atomic E-state index is 13.0. The summed E-state index contributed by atoms with van der Waals surface area (Å²) in [6.45, 7) is 2.98. The van der Waals surface area contributed by atoms with Crippen LogP contribution in [0.5, 0.6) is 0 Å². The normalized spacial score (nSPS) is 12.8. The third-order valence-electron chi connectivity index (χ3n) is 4.69. The molecule has 0 bridgehead atoms. The van der Waals surface area contributed by atoms with Gasteiger partial charge in [-0.05, 0) is 24.1 Å². The van der Waals surface area contributed by atoms with E-state index in [4.69, 9.17) is 0 Å². The van der Waals surface area contributed by atoms with Gasteiger partial charge in [0.15, 0.2) is 0 Å². The molecule has 0 aliphatic carbocycles. The van der Waals surface area contributed by atoms with Crippen molar-refractivity contribution in [1.29, 1.82) is 0 Å². The average molecular weight is 414 g/mol. The van der Waals surface area contributed by atoms with Crippen LogP contribution in [0.25, 0.3) is 5.78 Å². The molecule has 0 amide bonds. The number of hydrogen-bond acceptors (Lipinski definition) is 4. The van der Waals surface area contributed by atoms with Gasteiger partial charge in [-0.25, -0.2) is 9.39 Å². The van der Waals surface area contributed by atoms with Crippen LogP contribution in [0.1, 0.15) is 43.1 Å². The van der Waals surface area contributed by atoms with Gasteiger partial charge in [0.25, 0.3) is 5.56 Å². The number of aliphatic imine (C=N–C) groups is 1. The largest absolute Gasteiger partial charge is 0.294 e. The Kier molecular flexibility index (Phi) is 4.72.